The van der Waals surface area contributed by atoms with Crippen LogP contribution in [0.2, 0.25) is 0 Å². The second-order valence-electron chi connectivity index (χ2n) is 3.22. The molecule has 2 aromatic rings. The minimum Gasteiger partial charge on any atom is -0.318 e. The van der Waals surface area contributed by atoms with Gasteiger partial charge < -0.3 is 4.57 Å². The highest BCUT2D eigenvalue weighted by molar-refractivity contribution is 8.13. The van der Waals surface area contributed by atoms with Crippen LogP contribution in [0.1, 0.15) is 5.56 Å². The summed E-state index contributed by atoms with van der Waals surface area (Å²) in [5.74, 6) is -0.228. The summed E-state index contributed by atoms with van der Waals surface area (Å²) in [6, 6.07) is 1.67. The lowest BCUT2D eigenvalue weighted by molar-refractivity contribution is 0.609. The van der Waals surface area contributed by atoms with Gasteiger partial charge in [-0.15, -0.1) is 0 Å². The number of aryl methyl sites for hydroxylation is 1. The maximum Gasteiger partial charge on any atom is 0.236 e. The average Bonchev–Trinajstić information content (AvgIpc) is 2.45. The van der Waals surface area contributed by atoms with E-state index in [4.69, 9.17) is 10.7 Å². The van der Waals surface area contributed by atoms with Crippen molar-refractivity contribution in [3.8, 4) is 0 Å². The van der Waals surface area contributed by atoms with Crippen molar-refractivity contribution >= 4 is 30.9 Å². The van der Waals surface area contributed by atoms with Crippen LogP contribution in [-0.4, -0.2) is 23.0 Å². The van der Waals surface area contributed by atoms with Crippen LogP contribution in [0.15, 0.2) is 18.6 Å². The molecule has 2 rings (SSSR count). The third kappa shape index (κ3) is 2.27. The Morgan fingerprint density at radius 3 is 2.87 bits per heavy atom. The summed E-state index contributed by atoms with van der Waals surface area (Å²) in [5, 5.41) is 0. The summed E-state index contributed by atoms with van der Waals surface area (Å²) < 4.78 is 23.5. The minimum atomic E-state index is -3.54. The van der Waals surface area contributed by atoms with E-state index in [0.29, 0.717) is 16.7 Å². The Bertz CT molecular complexity index is 605. The molecule has 0 aliphatic carbocycles. The van der Waals surface area contributed by atoms with Crippen LogP contribution < -0.4 is 0 Å². The fourth-order valence-electron chi connectivity index (χ4n) is 1.34. The summed E-state index contributed by atoms with van der Waals surface area (Å²) in [7, 11) is 3.42. The number of halogens is 1. The molecule has 0 bridgehead atoms. The molecule has 0 aromatic carbocycles. The van der Waals surface area contributed by atoms with E-state index in [9.17, 15) is 8.42 Å². The maximum atomic E-state index is 10.9. The lowest BCUT2D eigenvalue weighted by Gasteiger charge is -1.97. The molecule has 80 valence electrons. The number of hydrogen-bond acceptors (Lipinski definition) is 4. The van der Waals surface area contributed by atoms with E-state index in [-0.39, 0.29) is 5.75 Å². The molecule has 0 aliphatic rings. The molecular weight excluding hydrogens is 238 g/mol. The number of nitrogens with zero attached hydrogens (tertiary/aromatic N) is 3. The molecule has 2 aromatic heterocycles. The third-order valence-electron chi connectivity index (χ3n) is 1.95. The average molecular weight is 246 g/mol. The molecule has 0 saturated carbocycles. The van der Waals surface area contributed by atoms with E-state index < -0.39 is 9.05 Å². The molecule has 0 N–H and O–H groups in total. The van der Waals surface area contributed by atoms with Gasteiger partial charge in [0.15, 0.2) is 5.65 Å². The molecule has 0 saturated heterocycles. The van der Waals surface area contributed by atoms with Crippen LogP contribution in [-0.2, 0) is 21.9 Å². The molecule has 0 atom stereocenters. The first-order valence-corrected chi connectivity index (χ1v) is 6.62. The lowest BCUT2D eigenvalue weighted by Crippen LogP contribution is -1.96. The van der Waals surface area contributed by atoms with E-state index in [1.165, 1.54) is 6.20 Å². The Labute approximate surface area is 91.1 Å². The maximum absolute atomic E-state index is 10.9. The number of pyridine rings is 1. The Hall–Kier alpha value is -1.14. The predicted octanol–water partition coefficient (Wildman–Crippen LogP) is 1.04. The Kier molecular flexibility index (Phi) is 2.40. The molecule has 0 unspecified atom stereocenters. The van der Waals surface area contributed by atoms with Crippen LogP contribution in [0, 0.1) is 0 Å². The van der Waals surface area contributed by atoms with Crippen molar-refractivity contribution in [2.45, 2.75) is 5.75 Å². The normalized spacial score (nSPS) is 12.1. The van der Waals surface area contributed by atoms with Crippen molar-refractivity contribution in [2.24, 2.45) is 7.05 Å². The van der Waals surface area contributed by atoms with E-state index in [0.717, 1.165) is 0 Å². The number of rotatable bonds is 2. The fourth-order valence-corrected chi connectivity index (χ4v) is 2.27. The van der Waals surface area contributed by atoms with Gasteiger partial charge >= 0.3 is 0 Å². The van der Waals surface area contributed by atoms with Crippen LogP contribution in [0.4, 0.5) is 0 Å². The van der Waals surface area contributed by atoms with Crippen LogP contribution in [0.5, 0.6) is 0 Å². The zero-order chi connectivity index (χ0) is 11.1. The van der Waals surface area contributed by atoms with E-state index in [1.807, 2.05) is 7.05 Å². The molecule has 0 spiro atoms. The quantitative estimate of drug-likeness (QED) is 0.742. The first kappa shape index (κ1) is 10.4. The topological polar surface area (TPSA) is 64.8 Å². The van der Waals surface area contributed by atoms with Crippen molar-refractivity contribution in [3.05, 3.63) is 24.2 Å². The third-order valence-corrected chi connectivity index (χ3v) is 2.95. The largest absolute Gasteiger partial charge is 0.318 e. The highest BCUT2D eigenvalue weighted by atomic mass is 35.7. The number of imidazole rings is 1. The van der Waals surface area contributed by atoms with Gasteiger partial charge in [-0.3, -0.25) is 0 Å². The van der Waals surface area contributed by atoms with Gasteiger partial charge in [0, 0.05) is 23.9 Å². The van der Waals surface area contributed by atoms with E-state index >= 15 is 0 Å². The van der Waals surface area contributed by atoms with Crippen molar-refractivity contribution in [1.29, 1.82) is 0 Å². The smallest absolute Gasteiger partial charge is 0.236 e. The van der Waals surface area contributed by atoms with Gasteiger partial charge in [0.05, 0.1) is 12.1 Å². The Morgan fingerprint density at radius 1 is 1.47 bits per heavy atom. The Balaban J connectivity index is 2.48. The molecular formula is C8H8ClN3O2S. The van der Waals surface area contributed by atoms with Crippen LogP contribution in [0.3, 0.4) is 0 Å². The summed E-state index contributed by atoms with van der Waals surface area (Å²) >= 11 is 0. The monoisotopic (exact) mass is 245 g/mol. The van der Waals surface area contributed by atoms with E-state index in [2.05, 4.69) is 9.97 Å². The molecule has 0 amide bonds. The molecule has 7 heteroatoms. The zero-order valence-electron chi connectivity index (χ0n) is 7.88. The zero-order valence-corrected chi connectivity index (χ0v) is 9.46. The SMILES string of the molecule is Cn1cnc2cc(CS(=O)(=O)Cl)cnc21. The second-order valence-corrected chi connectivity index (χ2v) is 6.00. The Morgan fingerprint density at radius 2 is 2.20 bits per heavy atom. The first-order chi connectivity index (χ1) is 6.96. The van der Waals surface area contributed by atoms with Gasteiger partial charge in [-0.2, -0.15) is 0 Å². The van der Waals surface area contributed by atoms with Crippen molar-refractivity contribution in [1.82, 2.24) is 14.5 Å². The van der Waals surface area contributed by atoms with Crippen molar-refractivity contribution in [3.63, 3.8) is 0 Å². The van der Waals surface area contributed by atoms with Gasteiger partial charge in [-0.1, -0.05) is 0 Å². The summed E-state index contributed by atoms with van der Waals surface area (Å²) in [6.45, 7) is 0. The fraction of sp³-hybridized carbons (Fsp3) is 0.250. The second kappa shape index (κ2) is 3.46. The summed E-state index contributed by atoms with van der Waals surface area (Å²) in [5.41, 5.74) is 1.91. The van der Waals surface area contributed by atoms with Gasteiger partial charge in [0.1, 0.15) is 5.52 Å². The number of fused-ring (bicyclic) bond motifs is 1. The van der Waals surface area contributed by atoms with E-state index in [1.54, 1.807) is 17.0 Å². The standard InChI is InChI=1S/C8H8ClN3O2S/c1-12-5-11-7-2-6(3-10-8(7)12)4-15(9,13)14/h2-3,5H,4H2,1H3. The van der Waals surface area contributed by atoms with Crippen LogP contribution in [0.25, 0.3) is 11.2 Å². The van der Waals surface area contributed by atoms with Gasteiger partial charge in [0.25, 0.3) is 0 Å². The molecule has 0 radical (unpaired) electrons. The highest BCUT2D eigenvalue weighted by Crippen LogP contribution is 2.14. The van der Waals surface area contributed by atoms with Gasteiger partial charge in [0.2, 0.25) is 9.05 Å². The molecule has 15 heavy (non-hydrogen) atoms. The first-order valence-electron chi connectivity index (χ1n) is 4.14. The minimum absolute atomic E-state index is 0.228. The predicted molar refractivity (Wildman–Crippen MR) is 57.0 cm³/mol. The van der Waals surface area contributed by atoms with Crippen LogP contribution >= 0.6 is 10.7 Å². The molecule has 2 heterocycles. The lowest BCUT2D eigenvalue weighted by atomic mass is 10.3. The summed E-state index contributed by atoms with van der Waals surface area (Å²) in [6.07, 6.45) is 3.11. The number of hydrogen-bond donors (Lipinski definition) is 0. The van der Waals surface area contributed by atoms with Crippen molar-refractivity contribution in [2.75, 3.05) is 0 Å². The molecule has 0 aliphatic heterocycles. The summed E-state index contributed by atoms with van der Waals surface area (Å²) in [4.78, 5) is 8.17. The highest BCUT2D eigenvalue weighted by Gasteiger charge is 2.09. The van der Waals surface area contributed by atoms with Gasteiger partial charge in [-0.05, 0) is 11.6 Å². The molecule has 0 fully saturated rings. The molecule has 5 nitrogen and oxygen atoms in total. The number of aromatic nitrogens is 3. The van der Waals surface area contributed by atoms with Crippen molar-refractivity contribution < 1.29 is 8.42 Å². The van der Waals surface area contributed by atoms with Gasteiger partial charge in [-0.25, -0.2) is 18.4 Å².